The fraction of sp³-hybridized carbons (Fsp3) is 0.316. The number of amides is 1. The van der Waals surface area contributed by atoms with Gasteiger partial charge in [0.05, 0.1) is 4.92 Å². The summed E-state index contributed by atoms with van der Waals surface area (Å²) in [6.45, 7) is 2.48. The van der Waals surface area contributed by atoms with E-state index in [0.29, 0.717) is 5.02 Å². The monoisotopic (exact) mass is 391 g/mol. The van der Waals surface area contributed by atoms with Crippen molar-refractivity contribution in [2.75, 3.05) is 13.1 Å². The molecular weight excluding hydrogens is 373 g/mol. The minimum absolute atomic E-state index is 0.0110. The molecule has 0 spiro atoms. The summed E-state index contributed by atoms with van der Waals surface area (Å²) >= 11 is 5.90. The summed E-state index contributed by atoms with van der Waals surface area (Å²) in [5.74, 6) is -1.37. The maximum absolute atomic E-state index is 13.4. The number of halogens is 2. The Bertz CT molecular complexity index is 837. The second-order valence-electron chi connectivity index (χ2n) is 6.57. The van der Waals surface area contributed by atoms with Crippen LogP contribution in [0.1, 0.15) is 28.8 Å². The highest BCUT2D eigenvalue weighted by Gasteiger charge is 2.23. The highest BCUT2D eigenvalue weighted by atomic mass is 35.5. The molecule has 142 valence electrons. The lowest BCUT2D eigenvalue weighted by atomic mass is 10.0. The molecule has 1 N–H and O–H groups in total. The van der Waals surface area contributed by atoms with E-state index >= 15 is 0 Å². The Morgan fingerprint density at radius 1 is 1.22 bits per heavy atom. The molecule has 0 unspecified atom stereocenters. The second kappa shape index (κ2) is 8.45. The third kappa shape index (κ3) is 5.02. The molecule has 1 heterocycles. The van der Waals surface area contributed by atoms with Crippen LogP contribution in [-0.2, 0) is 6.54 Å². The van der Waals surface area contributed by atoms with Crippen LogP contribution in [0.4, 0.5) is 10.1 Å². The smallest absolute Gasteiger partial charge is 0.305 e. The number of nitro benzene ring substituents is 1. The van der Waals surface area contributed by atoms with Crippen molar-refractivity contribution in [3.8, 4) is 0 Å². The number of rotatable bonds is 5. The molecule has 3 rings (SSSR count). The normalized spacial score (nSPS) is 15.5. The van der Waals surface area contributed by atoms with Crippen LogP contribution in [0.2, 0.25) is 5.02 Å². The number of nitrogens with zero attached hydrogens (tertiary/aromatic N) is 2. The largest absolute Gasteiger partial charge is 0.349 e. The molecular formula is C19H19ClFN3O3. The lowest BCUT2D eigenvalue weighted by Gasteiger charge is -2.32. The Kier molecular flexibility index (Phi) is 6.03. The van der Waals surface area contributed by atoms with Gasteiger partial charge >= 0.3 is 5.69 Å². The average Bonchev–Trinajstić information content (AvgIpc) is 2.65. The van der Waals surface area contributed by atoms with E-state index < -0.39 is 22.3 Å². The van der Waals surface area contributed by atoms with Crippen LogP contribution in [0.15, 0.2) is 42.5 Å². The first-order valence-corrected chi connectivity index (χ1v) is 9.02. The van der Waals surface area contributed by atoms with Crippen molar-refractivity contribution in [1.29, 1.82) is 0 Å². The van der Waals surface area contributed by atoms with E-state index in [-0.39, 0.29) is 11.6 Å². The average molecular weight is 392 g/mol. The molecule has 27 heavy (non-hydrogen) atoms. The first kappa shape index (κ1) is 19.3. The summed E-state index contributed by atoms with van der Waals surface area (Å²) in [4.78, 5) is 24.6. The SMILES string of the molecule is O=C(NC1CCN(Cc2ccc(Cl)cc2)CC1)c1ccc(F)c([N+](=O)[O-])c1. The molecule has 0 saturated carbocycles. The maximum Gasteiger partial charge on any atom is 0.305 e. The molecule has 6 nitrogen and oxygen atoms in total. The summed E-state index contributed by atoms with van der Waals surface area (Å²) in [6, 6.07) is 10.9. The molecule has 1 saturated heterocycles. The zero-order valence-electron chi connectivity index (χ0n) is 14.5. The zero-order chi connectivity index (χ0) is 19.4. The Morgan fingerprint density at radius 2 is 1.89 bits per heavy atom. The predicted octanol–water partition coefficient (Wildman–Crippen LogP) is 3.78. The quantitative estimate of drug-likeness (QED) is 0.621. The van der Waals surface area contributed by atoms with Crippen LogP contribution in [0.3, 0.4) is 0 Å². The lowest BCUT2D eigenvalue weighted by Crippen LogP contribution is -2.44. The van der Waals surface area contributed by atoms with Crippen LogP contribution in [0.25, 0.3) is 0 Å². The molecule has 1 fully saturated rings. The number of benzene rings is 2. The first-order valence-electron chi connectivity index (χ1n) is 8.64. The van der Waals surface area contributed by atoms with Gasteiger partial charge in [0.15, 0.2) is 0 Å². The Morgan fingerprint density at radius 3 is 2.52 bits per heavy atom. The summed E-state index contributed by atoms with van der Waals surface area (Å²) in [6.07, 6.45) is 1.56. The maximum atomic E-state index is 13.4. The van der Waals surface area contributed by atoms with Crippen LogP contribution in [0, 0.1) is 15.9 Å². The van der Waals surface area contributed by atoms with E-state index in [2.05, 4.69) is 10.2 Å². The molecule has 0 radical (unpaired) electrons. The standard InChI is InChI=1S/C19H19ClFN3O3/c20-15-4-1-13(2-5-15)12-23-9-7-16(8-10-23)22-19(25)14-3-6-17(21)18(11-14)24(26)27/h1-6,11,16H,7-10,12H2,(H,22,25). The number of carbonyl (C=O) groups is 1. The number of likely N-dealkylation sites (tertiary alicyclic amines) is 1. The fourth-order valence-electron chi connectivity index (χ4n) is 3.15. The summed E-state index contributed by atoms with van der Waals surface area (Å²) in [7, 11) is 0. The Hall–Kier alpha value is -2.51. The lowest BCUT2D eigenvalue weighted by molar-refractivity contribution is -0.387. The molecule has 2 aromatic carbocycles. The highest BCUT2D eigenvalue weighted by Crippen LogP contribution is 2.20. The van der Waals surface area contributed by atoms with Gasteiger partial charge in [-0.25, -0.2) is 0 Å². The molecule has 1 aliphatic heterocycles. The van der Waals surface area contributed by atoms with Gasteiger partial charge in [-0.05, 0) is 42.7 Å². The second-order valence-corrected chi connectivity index (χ2v) is 7.01. The molecule has 1 aliphatic rings. The van der Waals surface area contributed by atoms with Crippen molar-refractivity contribution < 1.29 is 14.1 Å². The predicted molar refractivity (Wildman–Crippen MR) is 100 cm³/mol. The van der Waals surface area contributed by atoms with Gasteiger partial charge in [-0.15, -0.1) is 0 Å². The Balaban J connectivity index is 1.53. The molecule has 1 amide bonds. The van der Waals surface area contributed by atoms with Gasteiger partial charge in [-0.3, -0.25) is 19.8 Å². The van der Waals surface area contributed by atoms with Crippen molar-refractivity contribution in [3.05, 3.63) is 74.5 Å². The van der Waals surface area contributed by atoms with Gasteiger partial charge < -0.3 is 5.32 Å². The third-order valence-corrected chi connectivity index (χ3v) is 4.90. The van der Waals surface area contributed by atoms with Crippen molar-refractivity contribution in [3.63, 3.8) is 0 Å². The molecule has 0 aliphatic carbocycles. The summed E-state index contributed by atoms with van der Waals surface area (Å²) in [5.41, 5.74) is 0.577. The fourth-order valence-corrected chi connectivity index (χ4v) is 3.27. The molecule has 2 aromatic rings. The van der Waals surface area contributed by atoms with Crippen LogP contribution in [-0.4, -0.2) is 34.9 Å². The molecule has 0 bridgehead atoms. The van der Waals surface area contributed by atoms with E-state index in [1.807, 2.05) is 24.3 Å². The molecule has 8 heteroatoms. The number of nitrogens with one attached hydrogen (secondary N) is 1. The number of hydrogen-bond acceptors (Lipinski definition) is 4. The molecule has 0 aromatic heterocycles. The van der Waals surface area contributed by atoms with Crippen molar-refractivity contribution in [2.45, 2.75) is 25.4 Å². The minimum Gasteiger partial charge on any atom is -0.349 e. The number of carbonyl (C=O) groups excluding carboxylic acids is 1. The van der Waals surface area contributed by atoms with Crippen molar-refractivity contribution >= 4 is 23.2 Å². The zero-order valence-corrected chi connectivity index (χ0v) is 15.3. The van der Waals surface area contributed by atoms with Crippen LogP contribution in [0.5, 0.6) is 0 Å². The van der Waals surface area contributed by atoms with Gasteiger partial charge in [0.25, 0.3) is 5.91 Å². The van der Waals surface area contributed by atoms with E-state index in [1.54, 1.807) is 0 Å². The first-order chi connectivity index (χ1) is 12.9. The van der Waals surface area contributed by atoms with E-state index in [4.69, 9.17) is 11.6 Å². The van der Waals surface area contributed by atoms with Gasteiger partial charge in [-0.1, -0.05) is 23.7 Å². The van der Waals surface area contributed by atoms with E-state index in [1.165, 1.54) is 11.6 Å². The number of piperidine rings is 1. The highest BCUT2D eigenvalue weighted by molar-refractivity contribution is 6.30. The topological polar surface area (TPSA) is 75.5 Å². The van der Waals surface area contributed by atoms with Crippen LogP contribution >= 0.6 is 11.6 Å². The number of hydrogen-bond donors (Lipinski definition) is 1. The van der Waals surface area contributed by atoms with Gasteiger partial charge in [0.1, 0.15) is 0 Å². The van der Waals surface area contributed by atoms with E-state index in [9.17, 15) is 19.3 Å². The van der Waals surface area contributed by atoms with Crippen LogP contribution < -0.4 is 5.32 Å². The Labute approximate surface area is 161 Å². The van der Waals surface area contributed by atoms with Crippen molar-refractivity contribution in [1.82, 2.24) is 10.2 Å². The third-order valence-electron chi connectivity index (χ3n) is 4.65. The van der Waals surface area contributed by atoms with Gasteiger partial charge in [-0.2, -0.15) is 4.39 Å². The minimum atomic E-state index is -0.952. The molecule has 0 atom stereocenters. The summed E-state index contributed by atoms with van der Waals surface area (Å²) in [5, 5.41) is 14.4. The van der Waals surface area contributed by atoms with Crippen molar-refractivity contribution in [2.24, 2.45) is 0 Å². The van der Waals surface area contributed by atoms with E-state index in [0.717, 1.165) is 44.6 Å². The summed E-state index contributed by atoms with van der Waals surface area (Å²) < 4.78 is 13.4. The number of nitro groups is 1. The van der Waals surface area contributed by atoms with Gasteiger partial charge in [0, 0.05) is 42.3 Å². The van der Waals surface area contributed by atoms with Gasteiger partial charge in [0.2, 0.25) is 5.82 Å².